The van der Waals surface area contributed by atoms with Gasteiger partial charge in [-0.3, -0.25) is 4.79 Å². The van der Waals surface area contributed by atoms with E-state index in [2.05, 4.69) is 0 Å². The summed E-state index contributed by atoms with van der Waals surface area (Å²) in [5.74, 6) is 0.0954. The number of carbonyl (C=O) groups is 1. The summed E-state index contributed by atoms with van der Waals surface area (Å²) in [6.45, 7) is 7.99. The Kier molecular flexibility index (Phi) is 5.77. The third kappa shape index (κ3) is 4.80. The molecule has 1 aromatic carbocycles. The summed E-state index contributed by atoms with van der Waals surface area (Å²) in [5, 5.41) is -0.299. The summed E-state index contributed by atoms with van der Waals surface area (Å²) in [4.78, 5) is 14.5. The second-order valence-corrected chi connectivity index (χ2v) is 8.28. The van der Waals surface area contributed by atoms with Crippen LogP contribution in [0.1, 0.15) is 26.3 Å². The van der Waals surface area contributed by atoms with Crippen LogP contribution < -0.4 is 0 Å². The molecule has 0 aliphatic carbocycles. The SMILES string of the molecule is CC(C)(C)C(=O)N1CCN(Sc2ccc(Cl)c(C(F)(F)F)c2)CC1. The van der Waals surface area contributed by atoms with Crippen LogP contribution in [0.15, 0.2) is 23.1 Å². The van der Waals surface area contributed by atoms with Gasteiger partial charge in [0.15, 0.2) is 0 Å². The van der Waals surface area contributed by atoms with Crippen molar-refractivity contribution in [3.63, 3.8) is 0 Å². The van der Waals surface area contributed by atoms with E-state index in [0.717, 1.165) is 6.07 Å². The molecule has 1 aliphatic rings. The van der Waals surface area contributed by atoms with Crippen LogP contribution >= 0.6 is 23.5 Å². The molecular weight excluding hydrogens is 361 g/mol. The van der Waals surface area contributed by atoms with Crippen LogP contribution in [0.3, 0.4) is 0 Å². The quantitative estimate of drug-likeness (QED) is 0.703. The Labute approximate surface area is 149 Å². The normalized spacial score (nSPS) is 17.2. The fourth-order valence-electron chi connectivity index (χ4n) is 2.38. The molecule has 1 heterocycles. The van der Waals surface area contributed by atoms with Gasteiger partial charge >= 0.3 is 6.18 Å². The van der Waals surface area contributed by atoms with Gasteiger partial charge in [-0.15, -0.1) is 0 Å². The van der Waals surface area contributed by atoms with Crippen molar-refractivity contribution in [3.05, 3.63) is 28.8 Å². The van der Waals surface area contributed by atoms with E-state index in [0.29, 0.717) is 31.1 Å². The summed E-state index contributed by atoms with van der Waals surface area (Å²) < 4.78 is 40.7. The minimum atomic E-state index is -4.47. The summed E-state index contributed by atoms with van der Waals surface area (Å²) >= 11 is 6.89. The molecule has 0 bridgehead atoms. The van der Waals surface area contributed by atoms with Crippen LogP contribution in [0.4, 0.5) is 13.2 Å². The lowest BCUT2D eigenvalue weighted by Gasteiger charge is -2.37. The first kappa shape index (κ1) is 19.4. The highest BCUT2D eigenvalue weighted by molar-refractivity contribution is 7.97. The van der Waals surface area contributed by atoms with E-state index in [1.165, 1.54) is 18.0 Å². The molecular formula is C16H20ClF3N2OS. The fraction of sp³-hybridized carbons (Fsp3) is 0.562. The van der Waals surface area contributed by atoms with Crippen molar-refractivity contribution in [3.8, 4) is 0 Å². The van der Waals surface area contributed by atoms with Gasteiger partial charge in [-0.2, -0.15) is 13.2 Å². The summed E-state index contributed by atoms with van der Waals surface area (Å²) in [5.41, 5.74) is -1.25. The Morgan fingerprint density at radius 3 is 2.21 bits per heavy atom. The zero-order valence-corrected chi connectivity index (χ0v) is 15.4. The van der Waals surface area contributed by atoms with Gasteiger partial charge in [-0.05, 0) is 30.1 Å². The van der Waals surface area contributed by atoms with E-state index in [1.54, 1.807) is 11.0 Å². The predicted molar refractivity (Wildman–Crippen MR) is 89.9 cm³/mol. The molecule has 1 fully saturated rings. The minimum Gasteiger partial charge on any atom is -0.340 e. The molecule has 0 saturated carbocycles. The number of alkyl halides is 3. The lowest BCUT2D eigenvalue weighted by atomic mass is 9.94. The van der Waals surface area contributed by atoms with Crippen molar-refractivity contribution in [1.29, 1.82) is 0 Å². The standard InChI is InChI=1S/C16H20ClF3N2OS/c1-15(2,3)14(23)21-6-8-22(9-7-21)24-11-4-5-13(17)12(10-11)16(18,19)20/h4-5,10H,6-9H2,1-3H3. The second-order valence-electron chi connectivity index (χ2n) is 6.70. The molecule has 134 valence electrons. The fourth-order valence-corrected chi connectivity index (χ4v) is 3.55. The van der Waals surface area contributed by atoms with Gasteiger partial charge in [0.1, 0.15) is 0 Å². The molecule has 0 radical (unpaired) electrons. The molecule has 8 heteroatoms. The lowest BCUT2D eigenvalue weighted by molar-refractivity contribution is -0.140. The molecule has 1 aromatic rings. The van der Waals surface area contributed by atoms with Gasteiger partial charge in [0.2, 0.25) is 5.91 Å². The summed E-state index contributed by atoms with van der Waals surface area (Å²) in [6.07, 6.45) is -4.47. The van der Waals surface area contributed by atoms with E-state index in [1.807, 2.05) is 25.1 Å². The molecule has 1 amide bonds. The maximum absolute atomic E-state index is 12.9. The number of hydrogen-bond acceptors (Lipinski definition) is 3. The van der Waals surface area contributed by atoms with Crippen LogP contribution in [0.5, 0.6) is 0 Å². The molecule has 1 aliphatic heterocycles. The predicted octanol–water partition coefficient (Wildman–Crippen LogP) is 4.56. The Bertz CT molecular complexity index is 608. The van der Waals surface area contributed by atoms with Crippen molar-refractivity contribution in [1.82, 2.24) is 9.21 Å². The van der Waals surface area contributed by atoms with Gasteiger partial charge in [0, 0.05) is 36.5 Å². The van der Waals surface area contributed by atoms with Crippen LogP contribution in [0, 0.1) is 5.41 Å². The molecule has 24 heavy (non-hydrogen) atoms. The number of amides is 1. The molecule has 0 unspecified atom stereocenters. The van der Waals surface area contributed by atoms with Crippen molar-refractivity contribution >= 4 is 29.5 Å². The maximum Gasteiger partial charge on any atom is 0.417 e. The largest absolute Gasteiger partial charge is 0.417 e. The van der Waals surface area contributed by atoms with Gasteiger partial charge in [0.25, 0.3) is 0 Å². The lowest BCUT2D eigenvalue weighted by Crippen LogP contribution is -2.49. The van der Waals surface area contributed by atoms with Gasteiger partial charge in [0.05, 0.1) is 10.6 Å². The highest BCUT2D eigenvalue weighted by Crippen LogP contribution is 2.37. The number of benzene rings is 1. The van der Waals surface area contributed by atoms with Crippen molar-refractivity contribution < 1.29 is 18.0 Å². The first-order valence-corrected chi connectivity index (χ1v) is 8.72. The number of hydrogen-bond donors (Lipinski definition) is 0. The Morgan fingerprint density at radius 2 is 1.71 bits per heavy atom. The Hall–Kier alpha value is -0.920. The average Bonchev–Trinajstić information content (AvgIpc) is 2.47. The van der Waals surface area contributed by atoms with E-state index < -0.39 is 17.2 Å². The molecule has 3 nitrogen and oxygen atoms in total. The molecule has 0 N–H and O–H groups in total. The zero-order chi connectivity index (χ0) is 18.1. The van der Waals surface area contributed by atoms with Crippen molar-refractivity contribution in [2.75, 3.05) is 26.2 Å². The van der Waals surface area contributed by atoms with E-state index in [-0.39, 0.29) is 10.9 Å². The number of carbonyl (C=O) groups excluding carboxylic acids is 1. The first-order valence-electron chi connectivity index (χ1n) is 7.57. The van der Waals surface area contributed by atoms with E-state index >= 15 is 0 Å². The van der Waals surface area contributed by atoms with E-state index in [4.69, 9.17) is 11.6 Å². The van der Waals surface area contributed by atoms with Crippen molar-refractivity contribution in [2.45, 2.75) is 31.8 Å². The minimum absolute atomic E-state index is 0.0954. The van der Waals surface area contributed by atoms with Crippen LogP contribution in [0.25, 0.3) is 0 Å². The number of piperazine rings is 1. The van der Waals surface area contributed by atoms with Gasteiger partial charge in [-0.25, -0.2) is 4.31 Å². The number of nitrogens with zero attached hydrogens (tertiary/aromatic N) is 2. The monoisotopic (exact) mass is 380 g/mol. The highest BCUT2D eigenvalue weighted by Gasteiger charge is 2.34. The molecule has 0 atom stereocenters. The third-order valence-corrected chi connectivity index (χ3v) is 5.06. The van der Waals surface area contributed by atoms with Gasteiger partial charge in [-0.1, -0.05) is 32.4 Å². The highest BCUT2D eigenvalue weighted by atomic mass is 35.5. The molecule has 1 saturated heterocycles. The summed E-state index contributed by atoms with van der Waals surface area (Å²) in [6, 6.07) is 3.92. The number of halogens is 4. The average molecular weight is 381 g/mol. The van der Waals surface area contributed by atoms with Crippen LogP contribution in [-0.2, 0) is 11.0 Å². The first-order chi connectivity index (χ1) is 11.0. The maximum atomic E-state index is 12.9. The van der Waals surface area contributed by atoms with Gasteiger partial charge < -0.3 is 4.90 Å². The molecule has 0 aromatic heterocycles. The summed E-state index contributed by atoms with van der Waals surface area (Å²) in [7, 11) is 0. The van der Waals surface area contributed by atoms with Crippen molar-refractivity contribution in [2.24, 2.45) is 5.41 Å². The third-order valence-electron chi connectivity index (χ3n) is 3.65. The number of rotatable bonds is 2. The van der Waals surface area contributed by atoms with E-state index in [9.17, 15) is 18.0 Å². The Morgan fingerprint density at radius 1 is 1.12 bits per heavy atom. The van der Waals surface area contributed by atoms with Crippen LogP contribution in [0.2, 0.25) is 5.02 Å². The molecule has 2 rings (SSSR count). The second kappa shape index (κ2) is 7.14. The smallest absolute Gasteiger partial charge is 0.340 e. The topological polar surface area (TPSA) is 23.6 Å². The zero-order valence-electron chi connectivity index (χ0n) is 13.8. The van der Waals surface area contributed by atoms with Crippen LogP contribution in [-0.4, -0.2) is 41.3 Å². The molecule has 0 spiro atoms. The Balaban J connectivity index is 1.99.